The summed E-state index contributed by atoms with van der Waals surface area (Å²) in [6.07, 6.45) is 0. The molecule has 0 fully saturated rings. The predicted octanol–water partition coefficient (Wildman–Crippen LogP) is 5.10. The van der Waals surface area contributed by atoms with Crippen molar-refractivity contribution in [3.63, 3.8) is 0 Å². The first-order valence-electron chi connectivity index (χ1n) is 10.2. The van der Waals surface area contributed by atoms with Crippen molar-refractivity contribution in [3.8, 4) is 5.75 Å². The molecule has 2 amide bonds. The van der Waals surface area contributed by atoms with Gasteiger partial charge in [0.05, 0.1) is 17.9 Å². The van der Waals surface area contributed by atoms with E-state index in [1.54, 1.807) is 0 Å². The van der Waals surface area contributed by atoms with Crippen LogP contribution in [0.3, 0.4) is 0 Å². The van der Waals surface area contributed by atoms with Crippen LogP contribution in [-0.4, -0.2) is 18.4 Å². The quantitative estimate of drug-likeness (QED) is 0.573. The maximum Gasteiger partial charge on any atom is 0.282 e. The van der Waals surface area contributed by atoms with Crippen LogP contribution in [0, 0.1) is 13.8 Å². The van der Waals surface area contributed by atoms with Crippen LogP contribution in [0.2, 0.25) is 0 Å². The van der Waals surface area contributed by atoms with Crippen molar-refractivity contribution in [3.05, 3.63) is 95.2 Å². The molecule has 31 heavy (non-hydrogen) atoms. The standard InChI is InChI=1S/C26H24N2O3/c1-4-31-21-13-11-19(12-14-21)23-24(27-20-8-6-5-7-9-20)26(30)28(25(23)29)22-15-10-17(2)16-18(22)3/h5-16,27H,4H2,1-3H3. The van der Waals surface area contributed by atoms with Crippen LogP contribution in [0.25, 0.3) is 5.57 Å². The number of imide groups is 1. The van der Waals surface area contributed by atoms with Gasteiger partial charge in [-0.2, -0.15) is 0 Å². The molecule has 5 nitrogen and oxygen atoms in total. The first-order valence-corrected chi connectivity index (χ1v) is 10.2. The van der Waals surface area contributed by atoms with Crippen LogP contribution >= 0.6 is 0 Å². The maximum atomic E-state index is 13.5. The van der Waals surface area contributed by atoms with E-state index in [1.165, 1.54) is 4.90 Å². The third-order valence-electron chi connectivity index (χ3n) is 5.17. The van der Waals surface area contributed by atoms with Gasteiger partial charge in [0.15, 0.2) is 0 Å². The molecule has 156 valence electrons. The summed E-state index contributed by atoms with van der Waals surface area (Å²) in [6.45, 7) is 6.36. The summed E-state index contributed by atoms with van der Waals surface area (Å²) in [7, 11) is 0. The normalized spacial score (nSPS) is 13.7. The van der Waals surface area contributed by atoms with Gasteiger partial charge in [-0.25, -0.2) is 4.90 Å². The topological polar surface area (TPSA) is 58.6 Å². The third-order valence-corrected chi connectivity index (χ3v) is 5.17. The van der Waals surface area contributed by atoms with E-state index in [0.717, 1.165) is 16.8 Å². The minimum atomic E-state index is -0.371. The minimum absolute atomic E-state index is 0.264. The number of amides is 2. The van der Waals surface area contributed by atoms with E-state index < -0.39 is 0 Å². The zero-order valence-corrected chi connectivity index (χ0v) is 17.8. The summed E-state index contributed by atoms with van der Waals surface area (Å²) in [4.78, 5) is 28.3. The van der Waals surface area contributed by atoms with E-state index in [1.807, 2.05) is 93.6 Å². The summed E-state index contributed by atoms with van der Waals surface area (Å²) >= 11 is 0. The molecule has 1 heterocycles. The van der Waals surface area contributed by atoms with Crippen molar-refractivity contribution in [1.82, 2.24) is 0 Å². The Bertz CT molecular complexity index is 1170. The molecule has 0 radical (unpaired) electrons. The second-order valence-electron chi connectivity index (χ2n) is 7.43. The van der Waals surface area contributed by atoms with Crippen LogP contribution in [0.5, 0.6) is 5.75 Å². The smallest absolute Gasteiger partial charge is 0.282 e. The molecular weight excluding hydrogens is 388 g/mol. The van der Waals surface area contributed by atoms with Crippen LogP contribution in [-0.2, 0) is 9.59 Å². The summed E-state index contributed by atoms with van der Waals surface area (Å²) in [5.74, 6) is -0.00309. The Morgan fingerprint density at radius 2 is 1.58 bits per heavy atom. The molecule has 4 rings (SSSR count). The van der Waals surface area contributed by atoms with Gasteiger partial charge in [-0.3, -0.25) is 9.59 Å². The molecule has 0 unspecified atom stereocenters. The second-order valence-corrected chi connectivity index (χ2v) is 7.43. The van der Waals surface area contributed by atoms with Crippen molar-refractivity contribution in [1.29, 1.82) is 0 Å². The number of nitrogens with zero attached hydrogens (tertiary/aromatic N) is 1. The molecule has 0 aromatic heterocycles. The van der Waals surface area contributed by atoms with E-state index >= 15 is 0 Å². The molecule has 3 aromatic carbocycles. The van der Waals surface area contributed by atoms with Gasteiger partial charge >= 0.3 is 0 Å². The zero-order chi connectivity index (χ0) is 22.0. The van der Waals surface area contributed by atoms with Crippen molar-refractivity contribution in [2.45, 2.75) is 20.8 Å². The number of ether oxygens (including phenoxy) is 1. The minimum Gasteiger partial charge on any atom is -0.494 e. The summed E-state index contributed by atoms with van der Waals surface area (Å²) < 4.78 is 5.52. The van der Waals surface area contributed by atoms with Crippen LogP contribution < -0.4 is 15.0 Å². The molecule has 3 aromatic rings. The van der Waals surface area contributed by atoms with Gasteiger partial charge in [0.1, 0.15) is 11.4 Å². The van der Waals surface area contributed by atoms with Gasteiger partial charge in [0, 0.05) is 5.69 Å². The van der Waals surface area contributed by atoms with Crippen LogP contribution in [0.1, 0.15) is 23.6 Å². The predicted molar refractivity (Wildman–Crippen MR) is 123 cm³/mol. The second kappa shape index (κ2) is 8.48. The third kappa shape index (κ3) is 3.94. The molecule has 0 bridgehead atoms. The fraction of sp³-hybridized carbons (Fsp3) is 0.154. The Morgan fingerprint density at radius 1 is 0.871 bits per heavy atom. The number of nitrogens with one attached hydrogen (secondary N) is 1. The number of aryl methyl sites for hydroxylation is 2. The van der Waals surface area contributed by atoms with Gasteiger partial charge in [-0.1, -0.05) is 48.0 Å². The van der Waals surface area contributed by atoms with E-state index in [4.69, 9.17) is 4.74 Å². The number of hydrogen-bond donors (Lipinski definition) is 1. The number of rotatable bonds is 6. The molecular formula is C26H24N2O3. The molecule has 0 atom stereocenters. The summed E-state index contributed by atoms with van der Waals surface area (Å²) in [5, 5.41) is 3.18. The highest BCUT2D eigenvalue weighted by atomic mass is 16.5. The summed E-state index contributed by atoms with van der Waals surface area (Å²) in [6, 6.07) is 22.3. The number of para-hydroxylation sites is 1. The first kappa shape index (κ1) is 20.4. The molecule has 1 aliphatic heterocycles. The van der Waals surface area contributed by atoms with Gasteiger partial charge in [-0.15, -0.1) is 0 Å². The lowest BCUT2D eigenvalue weighted by molar-refractivity contribution is -0.120. The van der Waals surface area contributed by atoms with Crippen LogP contribution in [0.4, 0.5) is 11.4 Å². The molecule has 1 aliphatic rings. The molecule has 0 saturated carbocycles. The van der Waals surface area contributed by atoms with Crippen molar-refractivity contribution in [2.75, 3.05) is 16.8 Å². The lowest BCUT2D eigenvalue weighted by Crippen LogP contribution is -2.33. The average Bonchev–Trinajstić information content (AvgIpc) is 3.00. The summed E-state index contributed by atoms with van der Waals surface area (Å²) in [5.41, 5.74) is 4.54. The average molecular weight is 412 g/mol. The highest BCUT2D eigenvalue weighted by Crippen LogP contribution is 2.35. The van der Waals surface area contributed by atoms with E-state index in [-0.39, 0.29) is 17.5 Å². The fourth-order valence-corrected chi connectivity index (χ4v) is 3.74. The number of carbonyl (C=O) groups is 2. The Morgan fingerprint density at radius 3 is 2.23 bits per heavy atom. The zero-order valence-electron chi connectivity index (χ0n) is 17.8. The fourth-order valence-electron chi connectivity index (χ4n) is 3.74. The SMILES string of the molecule is CCOc1ccc(C2=C(Nc3ccccc3)C(=O)N(c3ccc(C)cc3C)C2=O)cc1. The lowest BCUT2D eigenvalue weighted by Gasteiger charge is -2.18. The van der Waals surface area contributed by atoms with Crippen molar-refractivity contribution >= 4 is 28.8 Å². The van der Waals surface area contributed by atoms with Gasteiger partial charge < -0.3 is 10.1 Å². The van der Waals surface area contributed by atoms with Crippen LogP contribution in [0.15, 0.2) is 78.5 Å². The molecule has 0 spiro atoms. The van der Waals surface area contributed by atoms with Crippen molar-refractivity contribution in [2.24, 2.45) is 0 Å². The molecule has 5 heteroatoms. The largest absolute Gasteiger partial charge is 0.494 e. The Kier molecular flexibility index (Phi) is 5.58. The first-order chi connectivity index (χ1) is 15.0. The van der Waals surface area contributed by atoms with E-state index in [2.05, 4.69) is 5.32 Å². The van der Waals surface area contributed by atoms with Gasteiger partial charge in [0.25, 0.3) is 11.8 Å². The van der Waals surface area contributed by atoms with E-state index in [0.29, 0.717) is 29.2 Å². The number of hydrogen-bond acceptors (Lipinski definition) is 4. The highest BCUT2D eigenvalue weighted by molar-refractivity contribution is 6.46. The van der Waals surface area contributed by atoms with Gasteiger partial charge in [-0.05, 0) is 62.2 Å². The van der Waals surface area contributed by atoms with Crippen molar-refractivity contribution < 1.29 is 14.3 Å². The Hall–Kier alpha value is -3.86. The van der Waals surface area contributed by atoms with E-state index in [9.17, 15) is 9.59 Å². The molecule has 0 aliphatic carbocycles. The lowest BCUT2D eigenvalue weighted by atomic mass is 10.0. The Balaban J connectivity index is 1.80. The number of anilines is 2. The highest BCUT2D eigenvalue weighted by Gasteiger charge is 2.40. The monoisotopic (exact) mass is 412 g/mol. The van der Waals surface area contributed by atoms with Gasteiger partial charge in [0.2, 0.25) is 0 Å². The number of benzene rings is 3. The Labute approximate surface area is 182 Å². The number of carbonyl (C=O) groups excluding carboxylic acids is 2. The molecule has 1 N–H and O–H groups in total. The maximum absolute atomic E-state index is 13.5. The molecule has 0 saturated heterocycles.